The molecule has 10 nitrogen and oxygen atoms in total. The van der Waals surface area contributed by atoms with E-state index in [1.54, 1.807) is 32.8 Å². The first-order valence-electron chi connectivity index (χ1n) is 12.0. The Morgan fingerprint density at radius 3 is 2.56 bits per heavy atom. The van der Waals surface area contributed by atoms with Gasteiger partial charge >= 0.3 is 0 Å². The number of amides is 1. The van der Waals surface area contributed by atoms with E-state index in [9.17, 15) is 4.79 Å². The molecule has 0 bridgehead atoms. The van der Waals surface area contributed by atoms with Gasteiger partial charge in [-0.1, -0.05) is 12.1 Å². The van der Waals surface area contributed by atoms with Gasteiger partial charge in [-0.25, -0.2) is 19.9 Å². The number of nitrogens with zero attached hydrogens (tertiary/aromatic N) is 6. The van der Waals surface area contributed by atoms with Crippen LogP contribution < -0.4 is 14.8 Å². The molecular weight excluding hydrogens is 458 g/mol. The molecule has 0 spiro atoms. The lowest BCUT2D eigenvalue weighted by Crippen LogP contribution is -2.28. The number of rotatable bonds is 10. The van der Waals surface area contributed by atoms with Crippen LogP contribution in [0.4, 0.5) is 5.82 Å². The Morgan fingerprint density at radius 1 is 1.00 bits per heavy atom. The Balaban J connectivity index is 1.41. The highest BCUT2D eigenvalue weighted by Crippen LogP contribution is 2.25. The van der Waals surface area contributed by atoms with Crippen LogP contribution in [-0.2, 0) is 17.8 Å². The minimum absolute atomic E-state index is 0.208. The summed E-state index contributed by atoms with van der Waals surface area (Å²) in [6.07, 6.45) is 5.83. The van der Waals surface area contributed by atoms with Gasteiger partial charge in [0.15, 0.2) is 17.3 Å². The molecule has 1 amide bonds. The number of hydrogen-bond acceptors (Lipinski definition) is 8. The smallest absolute Gasteiger partial charge is 0.222 e. The van der Waals surface area contributed by atoms with E-state index in [0.29, 0.717) is 49.1 Å². The maximum atomic E-state index is 12.1. The standard InChI is InChI=1S/C26H29N7O3/c1-35-20-8-5-18(6-9-20)11-12-27-25-23-26(31-24(30-25)19-7-10-21(36-2)28-16-19)33(17-29-23)15-14-32-13-3-4-22(32)34/h5-10,16-17H,3-4,11-15H2,1-2H3,(H,27,30,31). The molecule has 1 aliphatic heterocycles. The summed E-state index contributed by atoms with van der Waals surface area (Å²) in [6.45, 7) is 2.73. The lowest BCUT2D eigenvalue weighted by Gasteiger charge is -2.16. The monoisotopic (exact) mass is 487 g/mol. The molecule has 3 aromatic heterocycles. The fourth-order valence-electron chi connectivity index (χ4n) is 4.28. The van der Waals surface area contributed by atoms with E-state index in [0.717, 1.165) is 36.3 Å². The first kappa shape index (κ1) is 23.5. The van der Waals surface area contributed by atoms with E-state index in [4.69, 9.17) is 19.4 Å². The summed E-state index contributed by atoms with van der Waals surface area (Å²) < 4.78 is 12.4. The first-order chi connectivity index (χ1) is 17.6. The van der Waals surface area contributed by atoms with Crippen molar-refractivity contribution in [2.24, 2.45) is 0 Å². The number of benzene rings is 1. The topological polar surface area (TPSA) is 107 Å². The molecule has 5 rings (SSSR count). The number of anilines is 1. The minimum Gasteiger partial charge on any atom is -0.497 e. The Kier molecular flexibility index (Phi) is 6.92. The van der Waals surface area contributed by atoms with Crippen molar-refractivity contribution in [1.82, 2.24) is 29.4 Å². The van der Waals surface area contributed by atoms with Gasteiger partial charge in [-0.05, 0) is 36.6 Å². The fraction of sp³-hybridized carbons (Fsp3) is 0.346. The van der Waals surface area contributed by atoms with Gasteiger partial charge in [0, 0.05) is 50.4 Å². The van der Waals surface area contributed by atoms with Crippen molar-refractivity contribution in [3.63, 3.8) is 0 Å². The van der Waals surface area contributed by atoms with Gasteiger partial charge in [0.1, 0.15) is 11.3 Å². The number of fused-ring (bicyclic) bond motifs is 1. The molecule has 1 aliphatic rings. The molecule has 0 radical (unpaired) electrons. The number of hydrogen-bond donors (Lipinski definition) is 1. The summed E-state index contributed by atoms with van der Waals surface area (Å²) in [6, 6.07) is 11.7. The second-order valence-electron chi connectivity index (χ2n) is 8.60. The van der Waals surface area contributed by atoms with Gasteiger partial charge in [-0.15, -0.1) is 0 Å². The van der Waals surface area contributed by atoms with Crippen molar-refractivity contribution < 1.29 is 14.3 Å². The predicted molar refractivity (Wildman–Crippen MR) is 136 cm³/mol. The Bertz CT molecular complexity index is 1340. The zero-order chi connectivity index (χ0) is 24.9. The third-order valence-electron chi connectivity index (χ3n) is 6.31. The third-order valence-corrected chi connectivity index (χ3v) is 6.31. The predicted octanol–water partition coefficient (Wildman–Crippen LogP) is 3.18. The zero-order valence-electron chi connectivity index (χ0n) is 20.5. The number of pyridine rings is 1. The molecule has 1 N–H and O–H groups in total. The number of aromatic nitrogens is 5. The molecule has 4 aromatic rings. The van der Waals surface area contributed by atoms with Crippen molar-refractivity contribution in [1.29, 1.82) is 0 Å². The van der Waals surface area contributed by atoms with E-state index in [1.165, 1.54) is 5.56 Å². The van der Waals surface area contributed by atoms with Gasteiger partial charge in [-0.3, -0.25) is 4.79 Å². The van der Waals surface area contributed by atoms with Crippen LogP contribution in [0.2, 0.25) is 0 Å². The van der Waals surface area contributed by atoms with E-state index >= 15 is 0 Å². The summed E-state index contributed by atoms with van der Waals surface area (Å²) in [5, 5.41) is 3.45. The summed E-state index contributed by atoms with van der Waals surface area (Å²) in [7, 11) is 3.24. The SMILES string of the molecule is COc1ccc(CCNc2nc(-c3ccc(OC)nc3)nc3c2ncn3CCN2CCCC2=O)cc1. The highest BCUT2D eigenvalue weighted by Gasteiger charge is 2.21. The fourth-order valence-corrected chi connectivity index (χ4v) is 4.28. The number of likely N-dealkylation sites (tertiary alicyclic amines) is 1. The van der Waals surface area contributed by atoms with Gasteiger partial charge in [0.05, 0.1) is 20.5 Å². The van der Waals surface area contributed by atoms with Crippen molar-refractivity contribution in [2.45, 2.75) is 25.8 Å². The van der Waals surface area contributed by atoms with E-state index in [1.807, 2.05) is 27.7 Å². The van der Waals surface area contributed by atoms with Crippen LogP contribution in [0.25, 0.3) is 22.6 Å². The van der Waals surface area contributed by atoms with Crippen molar-refractivity contribution in [3.8, 4) is 23.0 Å². The van der Waals surface area contributed by atoms with Crippen LogP contribution >= 0.6 is 0 Å². The summed E-state index contributed by atoms with van der Waals surface area (Å²) in [4.78, 5) is 32.5. The average molecular weight is 488 g/mol. The van der Waals surface area contributed by atoms with Gasteiger partial charge in [0.2, 0.25) is 11.8 Å². The Hall–Kier alpha value is -4.21. The van der Waals surface area contributed by atoms with Gasteiger partial charge < -0.3 is 24.3 Å². The number of imidazole rings is 1. The number of nitrogens with one attached hydrogen (secondary N) is 1. The number of carbonyl (C=O) groups excluding carboxylic acids is 1. The summed E-state index contributed by atoms with van der Waals surface area (Å²) in [5.74, 6) is 2.78. The van der Waals surface area contributed by atoms with Crippen LogP contribution in [0.15, 0.2) is 48.9 Å². The molecule has 1 aromatic carbocycles. The summed E-state index contributed by atoms with van der Waals surface area (Å²) >= 11 is 0. The van der Waals surface area contributed by atoms with Crippen molar-refractivity contribution >= 4 is 22.9 Å². The quantitative estimate of drug-likeness (QED) is 0.363. The van der Waals surface area contributed by atoms with Gasteiger partial charge in [0.25, 0.3) is 0 Å². The summed E-state index contributed by atoms with van der Waals surface area (Å²) in [5.41, 5.74) is 3.38. The maximum Gasteiger partial charge on any atom is 0.222 e. The van der Waals surface area contributed by atoms with E-state index < -0.39 is 0 Å². The zero-order valence-corrected chi connectivity index (χ0v) is 20.5. The first-order valence-corrected chi connectivity index (χ1v) is 12.0. The van der Waals surface area contributed by atoms with Crippen molar-refractivity contribution in [3.05, 3.63) is 54.5 Å². The van der Waals surface area contributed by atoms with E-state index in [2.05, 4.69) is 27.4 Å². The normalized spacial score (nSPS) is 13.4. The molecule has 1 saturated heterocycles. The number of methoxy groups -OCH3 is 2. The number of ether oxygens (including phenoxy) is 2. The van der Waals surface area contributed by atoms with Crippen LogP contribution in [0.1, 0.15) is 18.4 Å². The number of carbonyl (C=O) groups is 1. The van der Waals surface area contributed by atoms with Crippen molar-refractivity contribution in [2.75, 3.05) is 39.2 Å². The lowest BCUT2D eigenvalue weighted by molar-refractivity contribution is -0.127. The molecule has 10 heteroatoms. The van der Waals surface area contributed by atoms with Gasteiger partial charge in [-0.2, -0.15) is 0 Å². The molecule has 0 atom stereocenters. The van der Waals surface area contributed by atoms with Crippen LogP contribution in [0.5, 0.6) is 11.6 Å². The second-order valence-corrected chi connectivity index (χ2v) is 8.60. The van der Waals surface area contributed by atoms with Crippen LogP contribution in [-0.4, -0.2) is 69.2 Å². The third kappa shape index (κ3) is 5.07. The highest BCUT2D eigenvalue weighted by molar-refractivity contribution is 5.85. The Labute approximate surface area is 209 Å². The van der Waals surface area contributed by atoms with E-state index in [-0.39, 0.29) is 5.91 Å². The largest absolute Gasteiger partial charge is 0.497 e. The maximum absolute atomic E-state index is 12.1. The molecule has 1 fully saturated rings. The molecule has 186 valence electrons. The minimum atomic E-state index is 0.208. The Morgan fingerprint density at radius 2 is 1.86 bits per heavy atom. The lowest BCUT2D eigenvalue weighted by atomic mass is 10.1. The molecule has 4 heterocycles. The molecular formula is C26H29N7O3. The molecule has 0 aliphatic carbocycles. The molecule has 36 heavy (non-hydrogen) atoms. The molecule has 0 unspecified atom stereocenters. The second kappa shape index (κ2) is 10.6. The van der Waals surface area contributed by atoms with Crippen LogP contribution in [0, 0.1) is 0 Å². The molecule has 0 saturated carbocycles. The average Bonchev–Trinajstić information content (AvgIpc) is 3.53. The highest BCUT2D eigenvalue weighted by atomic mass is 16.5. The van der Waals surface area contributed by atoms with Crippen LogP contribution in [0.3, 0.4) is 0 Å².